The molecule has 3 aliphatic rings. The summed E-state index contributed by atoms with van der Waals surface area (Å²) in [4.78, 5) is 17.1. The molecule has 1 N–H and O–H groups in total. The number of aromatic nitrogens is 2. The van der Waals surface area contributed by atoms with Gasteiger partial charge in [0.15, 0.2) is 0 Å². The van der Waals surface area contributed by atoms with Crippen molar-refractivity contribution in [3.63, 3.8) is 0 Å². The van der Waals surface area contributed by atoms with Gasteiger partial charge in [-0.25, -0.2) is 0 Å². The highest BCUT2D eigenvalue weighted by molar-refractivity contribution is 5.92. The van der Waals surface area contributed by atoms with Crippen molar-refractivity contribution in [1.29, 1.82) is 0 Å². The van der Waals surface area contributed by atoms with E-state index in [1.165, 1.54) is 58.0 Å². The number of carbonyl (C=O) groups excluding carboxylic acids is 1. The SMILES string of the molecule is O=C(c1cc([C@H]2CCCN(CC3CCCCC3)C2)[nH]n1)N1CCOCC1. The van der Waals surface area contributed by atoms with Gasteiger partial charge in [0.2, 0.25) is 0 Å². The molecule has 2 aliphatic heterocycles. The maximum absolute atomic E-state index is 12.6. The highest BCUT2D eigenvalue weighted by atomic mass is 16.5. The van der Waals surface area contributed by atoms with Crippen LogP contribution in [-0.4, -0.2) is 71.8 Å². The van der Waals surface area contributed by atoms with Gasteiger partial charge in [0.25, 0.3) is 5.91 Å². The average Bonchev–Trinajstić information content (AvgIpc) is 3.19. The number of hydrogen-bond donors (Lipinski definition) is 1. The standard InChI is InChI=1S/C20H32N4O2/c25-20(24-9-11-26-12-10-24)19-13-18(21-22-19)17-7-4-8-23(15-17)14-16-5-2-1-3-6-16/h13,16-17H,1-12,14-15H2,(H,21,22)/t17-/m0/s1. The van der Waals surface area contributed by atoms with E-state index >= 15 is 0 Å². The minimum absolute atomic E-state index is 0.0330. The van der Waals surface area contributed by atoms with Gasteiger partial charge in [-0.3, -0.25) is 9.89 Å². The van der Waals surface area contributed by atoms with E-state index in [1.54, 1.807) is 0 Å². The lowest BCUT2D eigenvalue weighted by Gasteiger charge is -2.35. The zero-order chi connectivity index (χ0) is 17.8. The summed E-state index contributed by atoms with van der Waals surface area (Å²) >= 11 is 0. The first kappa shape index (κ1) is 18.0. The van der Waals surface area contributed by atoms with Crippen LogP contribution in [0.2, 0.25) is 0 Å². The number of hydrogen-bond acceptors (Lipinski definition) is 4. The van der Waals surface area contributed by atoms with Crippen molar-refractivity contribution in [3.8, 4) is 0 Å². The Kier molecular flexibility index (Phi) is 5.90. The van der Waals surface area contributed by atoms with E-state index in [4.69, 9.17) is 4.74 Å². The van der Waals surface area contributed by atoms with E-state index in [-0.39, 0.29) is 5.91 Å². The number of morpholine rings is 1. The molecule has 3 heterocycles. The Bertz CT molecular complexity index is 590. The number of nitrogens with one attached hydrogen (secondary N) is 1. The summed E-state index contributed by atoms with van der Waals surface area (Å²) in [5, 5.41) is 7.50. The molecule has 0 unspecified atom stereocenters. The molecule has 6 nitrogen and oxygen atoms in total. The summed E-state index contributed by atoms with van der Waals surface area (Å²) in [5.41, 5.74) is 1.70. The van der Waals surface area contributed by atoms with Gasteiger partial charge in [-0.2, -0.15) is 5.10 Å². The normalized spacial score (nSPS) is 26.2. The number of piperidine rings is 1. The molecule has 3 fully saturated rings. The summed E-state index contributed by atoms with van der Waals surface area (Å²) in [6.07, 6.45) is 9.49. The minimum Gasteiger partial charge on any atom is -0.378 e. The summed E-state index contributed by atoms with van der Waals surface area (Å²) in [6, 6.07) is 1.99. The molecule has 144 valence electrons. The van der Waals surface area contributed by atoms with Crippen molar-refractivity contribution in [2.45, 2.75) is 50.9 Å². The molecule has 2 saturated heterocycles. The van der Waals surface area contributed by atoms with E-state index < -0.39 is 0 Å². The van der Waals surface area contributed by atoms with Gasteiger partial charge < -0.3 is 14.5 Å². The van der Waals surface area contributed by atoms with E-state index in [1.807, 2.05) is 11.0 Å². The van der Waals surface area contributed by atoms with Gasteiger partial charge in [-0.1, -0.05) is 19.3 Å². The lowest BCUT2D eigenvalue weighted by atomic mass is 9.87. The van der Waals surface area contributed by atoms with Gasteiger partial charge >= 0.3 is 0 Å². The highest BCUT2D eigenvalue weighted by Gasteiger charge is 2.27. The van der Waals surface area contributed by atoms with Crippen molar-refractivity contribution < 1.29 is 9.53 Å². The van der Waals surface area contributed by atoms with Crippen molar-refractivity contribution in [2.24, 2.45) is 5.92 Å². The Morgan fingerprint density at radius 1 is 1.12 bits per heavy atom. The Hall–Kier alpha value is -1.40. The second-order valence-corrected chi connectivity index (χ2v) is 8.22. The molecular formula is C20H32N4O2. The zero-order valence-corrected chi connectivity index (χ0v) is 15.8. The van der Waals surface area contributed by atoms with Gasteiger partial charge in [0.1, 0.15) is 5.69 Å². The first-order valence-electron chi connectivity index (χ1n) is 10.4. The van der Waals surface area contributed by atoms with Crippen LogP contribution in [0.5, 0.6) is 0 Å². The van der Waals surface area contributed by atoms with Crippen molar-refractivity contribution >= 4 is 5.91 Å². The van der Waals surface area contributed by atoms with Gasteiger partial charge in [-0.05, 0) is 44.2 Å². The van der Waals surface area contributed by atoms with Crippen molar-refractivity contribution in [1.82, 2.24) is 20.0 Å². The van der Waals surface area contributed by atoms with Crippen LogP contribution in [0.15, 0.2) is 6.07 Å². The first-order valence-corrected chi connectivity index (χ1v) is 10.4. The highest BCUT2D eigenvalue weighted by Crippen LogP contribution is 2.29. The van der Waals surface area contributed by atoms with Gasteiger partial charge in [0.05, 0.1) is 13.2 Å². The second kappa shape index (κ2) is 8.53. The summed E-state index contributed by atoms with van der Waals surface area (Å²) < 4.78 is 5.33. The molecule has 0 aromatic carbocycles. The van der Waals surface area contributed by atoms with Crippen LogP contribution >= 0.6 is 0 Å². The van der Waals surface area contributed by atoms with E-state index in [0.717, 1.165) is 18.2 Å². The van der Waals surface area contributed by atoms with Crippen LogP contribution in [0, 0.1) is 5.92 Å². The number of carbonyl (C=O) groups is 1. The molecule has 0 bridgehead atoms. The molecule has 1 aromatic heterocycles. The summed E-state index contributed by atoms with van der Waals surface area (Å²) in [6.45, 7) is 6.16. The Balaban J connectivity index is 1.34. The van der Waals surface area contributed by atoms with Gasteiger partial charge in [-0.15, -0.1) is 0 Å². The third-order valence-electron chi connectivity index (χ3n) is 6.30. The molecule has 6 heteroatoms. The fraction of sp³-hybridized carbons (Fsp3) is 0.800. The smallest absolute Gasteiger partial charge is 0.274 e. The van der Waals surface area contributed by atoms with Crippen LogP contribution in [0.4, 0.5) is 0 Å². The van der Waals surface area contributed by atoms with E-state index in [0.29, 0.717) is 37.9 Å². The molecule has 4 rings (SSSR count). The number of amides is 1. The summed E-state index contributed by atoms with van der Waals surface area (Å²) in [7, 11) is 0. The number of nitrogens with zero attached hydrogens (tertiary/aromatic N) is 3. The predicted molar refractivity (Wildman–Crippen MR) is 100 cm³/mol. The molecule has 1 aliphatic carbocycles. The Labute approximate surface area is 156 Å². The molecule has 26 heavy (non-hydrogen) atoms. The third-order valence-corrected chi connectivity index (χ3v) is 6.30. The quantitative estimate of drug-likeness (QED) is 0.897. The van der Waals surface area contributed by atoms with Crippen LogP contribution in [0.3, 0.4) is 0 Å². The van der Waals surface area contributed by atoms with E-state index in [9.17, 15) is 4.79 Å². The molecule has 1 saturated carbocycles. The number of rotatable bonds is 4. The van der Waals surface area contributed by atoms with Crippen molar-refractivity contribution in [3.05, 3.63) is 17.5 Å². The molecule has 0 spiro atoms. The number of H-pyrrole nitrogens is 1. The van der Waals surface area contributed by atoms with Gasteiger partial charge in [0, 0.05) is 37.8 Å². The monoisotopic (exact) mass is 360 g/mol. The summed E-state index contributed by atoms with van der Waals surface area (Å²) in [5.74, 6) is 1.40. The average molecular weight is 361 g/mol. The lowest BCUT2D eigenvalue weighted by Crippen LogP contribution is -2.40. The van der Waals surface area contributed by atoms with Crippen molar-refractivity contribution in [2.75, 3.05) is 45.9 Å². The van der Waals surface area contributed by atoms with Crippen LogP contribution in [0.25, 0.3) is 0 Å². The predicted octanol–water partition coefficient (Wildman–Crippen LogP) is 2.64. The zero-order valence-electron chi connectivity index (χ0n) is 15.8. The first-order chi connectivity index (χ1) is 12.8. The third kappa shape index (κ3) is 4.29. The maximum atomic E-state index is 12.6. The van der Waals surface area contributed by atoms with Crippen LogP contribution in [0.1, 0.15) is 67.0 Å². The Morgan fingerprint density at radius 3 is 2.73 bits per heavy atom. The minimum atomic E-state index is 0.0330. The fourth-order valence-electron chi connectivity index (χ4n) is 4.79. The van der Waals surface area contributed by atoms with E-state index in [2.05, 4.69) is 15.1 Å². The topological polar surface area (TPSA) is 61.5 Å². The number of aromatic amines is 1. The van der Waals surface area contributed by atoms with Crippen LogP contribution < -0.4 is 0 Å². The molecular weight excluding hydrogens is 328 g/mol. The molecule has 1 amide bonds. The number of ether oxygens (including phenoxy) is 1. The lowest BCUT2D eigenvalue weighted by molar-refractivity contribution is 0.0299. The fourth-order valence-corrected chi connectivity index (χ4v) is 4.79. The maximum Gasteiger partial charge on any atom is 0.274 e. The molecule has 1 aromatic rings. The second-order valence-electron chi connectivity index (χ2n) is 8.22. The van der Waals surface area contributed by atoms with Crippen LogP contribution in [-0.2, 0) is 4.74 Å². The largest absolute Gasteiger partial charge is 0.378 e. The Morgan fingerprint density at radius 2 is 1.92 bits per heavy atom. The molecule has 0 radical (unpaired) electrons. The number of likely N-dealkylation sites (tertiary alicyclic amines) is 1. The molecule has 1 atom stereocenters.